The van der Waals surface area contributed by atoms with Crippen molar-refractivity contribution in [2.75, 3.05) is 18.5 Å². The van der Waals surface area contributed by atoms with Crippen LogP contribution in [-0.4, -0.2) is 42.6 Å². The molecule has 5 heteroatoms. The minimum absolute atomic E-state index is 0. The minimum Gasteiger partial charge on any atom is -0.313 e. The lowest BCUT2D eigenvalue weighted by molar-refractivity contribution is -0.116. The predicted molar refractivity (Wildman–Crippen MR) is 91.7 cm³/mol. The molecule has 1 heterocycles. The van der Waals surface area contributed by atoms with E-state index < -0.39 is 0 Å². The maximum Gasteiger partial charge on any atom is 0.248 e. The first-order valence-electron chi connectivity index (χ1n) is 6.33. The van der Waals surface area contributed by atoms with Crippen molar-refractivity contribution < 1.29 is 4.79 Å². The molecule has 3 rings (SSSR count). The van der Waals surface area contributed by atoms with E-state index >= 15 is 0 Å². The zero-order valence-corrected chi connectivity index (χ0v) is 11.8. The molecule has 0 atom stereocenters. The van der Waals surface area contributed by atoms with Crippen molar-refractivity contribution in [3.63, 3.8) is 0 Å². The van der Waals surface area contributed by atoms with Gasteiger partial charge in [-0.3, -0.25) is 9.79 Å². The van der Waals surface area contributed by atoms with E-state index in [4.69, 9.17) is 11.6 Å². The Bertz CT molecular complexity index is 701. The van der Waals surface area contributed by atoms with Crippen LogP contribution in [0.2, 0.25) is 5.02 Å². The van der Waals surface area contributed by atoms with Crippen molar-refractivity contribution in [1.82, 2.24) is 0 Å². The molecular formula is C16H16AlClN2O. The summed E-state index contributed by atoms with van der Waals surface area (Å²) in [6, 6.07) is 15.3. The lowest BCUT2D eigenvalue weighted by Crippen LogP contribution is -2.27. The second-order valence-electron chi connectivity index (χ2n) is 4.65. The number of likely N-dealkylation sites (N-methyl/N-ethyl adjacent to an activating group) is 1. The van der Waals surface area contributed by atoms with Gasteiger partial charge in [0.25, 0.3) is 0 Å². The van der Waals surface area contributed by atoms with Crippen LogP contribution in [-0.2, 0) is 4.79 Å². The number of aliphatic imine (C=N–C) groups is 1. The van der Waals surface area contributed by atoms with Gasteiger partial charge in [0, 0.05) is 23.2 Å². The maximum atomic E-state index is 12.0. The van der Waals surface area contributed by atoms with Gasteiger partial charge in [-0.1, -0.05) is 41.9 Å². The molecule has 0 unspecified atom stereocenters. The molecule has 0 saturated heterocycles. The van der Waals surface area contributed by atoms with Crippen LogP contribution in [0.3, 0.4) is 0 Å². The van der Waals surface area contributed by atoms with E-state index in [1.165, 1.54) is 0 Å². The van der Waals surface area contributed by atoms with Crippen molar-refractivity contribution in [3.05, 3.63) is 64.7 Å². The standard InChI is InChI=1S/C16H13ClN2O.Al.3H/c1-19-14-8-7-12(17)9-13(14)16(18-10-15(19)20)11-5-3-2-4-6-11;;;;/h2-9H,10H2,1H3;;;;. The molecule has 3 nitrogen and oxygen atoms in total. The summed E-state index contributed by atoms with van der Waals surface area (Å²) in [4.78, 5) is 18.1. The van der Waals surface area contributed by atoms with Gasteiger partial charge in [-0.25, -0.2) is 0 Å². The smallest absolute Gasteiger partial charge is 0.248 e. The summed E-state index contributed by atoms with van der Waals surface area (Å²) in [7, 11) is 1.76. The number of halogens is 1. The molecule has 1 aliphatic rings. The second-order valence-corrected chi connectivity index (χ2v) is 5.08. The Labute approximate surface area is 139 Å². The highest BCUT2D eigenvalue weighted by atomic mass is 35.5. The summed E-state index contributed by atoms with van der Waals surface area (Å²) in [6.07, 6.45) is 0. The van der Waals surface area contributed by atoms with Gasteiger partial charge in [0.1, 0.15) is 6.54 Å². The topological polar surface area (TPSA) is 32.7 Å². The lowest BCUT2D eigenvalue weighted by Gasteiger charge is -2.18. The van der Waals surface area contributed by atoms with Gasteiger partial charge in [-0.15, -0.1) is 0 Å². The summed E-state index contributed by atoms with van der Waals surface area (Å²) in [5, 5.41) is 0.634. The van der Waals surface area contributed by atoms with Crippen LogP contribution in [0.4, 0.5) is 5.69 Å². The van der Waals surface area contributed by atoms with Crippen molar-refractivity contribution in [3.8, 4) is 0 Å². The maximum absolute atomic E-state index is 12.0. The Morgan fingerprint density at radius 3 is 2.57 bits per heavy atom. The third kappa shape index (κ3) is 3.03. The molecular weight excluding hydrogens is 299 g/mol. The Morgan fingerprint density at radius 1 is 1.14 bits per heavy atom. The first-order valence-corrected chi connectivity index (χ1v) is 6.71. The van der Waals surface area contributed by atoms with Gasteiger partial charge in [-0.05, 0) is 18.2 Å². The van der Waals surface area contributed by atoms with E-state index in [2.05, 4.69) is 4.99 Å². The van der Waals surface area contributed by atoms with E-state index in [9.17, 15) is 4.79 Å². The molecule has 2 aromatic carbocycles. The van der Waals surface area contributed by atoms with Crippen LogP contribution in [0, 0.1) is 0 Å². The average molecular weight is 315 g/mol. The number of benzodiazepines with no additional fused rings is 1. The molecule has 0 fully saturated rings. The highest BCUT2D eigenvalue weighted by molar-refractivity contribution is 6.32. The molecule has 2 aromatic rings. The summed E-state index contributed by atoms with van der Waals surface area (Å²) in [5.74, 6) is -0.0282. The van der Waals surface area contributed by atoms with Crippen molar-refractivity contribution in [2.45, 2.75) is 0 Å². The monoisotopic (exact) mass is 314 g/mol. The number of carbonyl (C=O) groups is 1. The number of rotatable bonds is 1. The van der Waals surface area contributed by atoms with Gasteiger partial charge in [0.2, 0.25) is 5.91 Å². The van der Waals surface area contributed by atoms with Crippen LogP contribution >= 0.6 is 11.6 Å². The molecule has 0 N–H and O–H groups in total. The summed E-state index contributed by atoms with van der Waals surface area (Å²) >= 11 is 6.11. The zero-order valence-electron chi connectivity index (χ0n) is 11.0. The first kappa shape index (κ1) is 15.8. The Morgan fingerprint density at radius 2 is 1.86 bits per heavy atom. The number of nitrogens with zero attached hydrogens (tertiary/aromatic N) is 2. The fraction of sp³-hybridized carbons (Fsp3) is 0.125. The van der Waals surface area contributed by atoms with Gasteiger partial charge >= 0.3 is 0 Å². The lowest BCUT2D eigenvalue weighted by atomic mass is 10.0. The largest absolute Gasteiger partial charge is 0.313 e. The quantitative estimate of drug-likeness (QED) is 0.741. The van der Waals surface area contributed by atoms with Crippen molar-refractivity contribution in [2.24, 2.45) is 4.99 Å². The van der Waals surface area contributed by atoms with E-state index in [0.717, 1.165) is 22.5 Å². The van der Waals surface area contributed by atoms with E-state index in [1.807, 2.05) is 42.5 Å². The van der Waals surface area contributed by atoms with Crippen LogP contribution in [0.1, 0.15) is 11.1 Å². The molecule has 0 radical (unpaired) electrons. The normalized spacial score (nSPS) is 13.9. The summed E-state index contributed by atoms with van der Waals surface area (Å²) in [5.41, 5.74) is 3.51. The highest BCUT2D eigenvalue weighted by Gasteiger charge is 2.22. The first-order chi connectivity index (χ1) is 9.66. The van der Waals surface area contributed by atoms with Gasteiger partial charge in [0.15, 0.2) is 17.4 Å². The van der Waals surface area contributed by atoms with E-state index in [-0.39, 0.29) is 29.8 Å². The predicted octanol–water partition coefficient (Wildman–Crippen LogP) is 1.97. The Kier molecular flexibility index (Phi) is 4.85. The molecule has 0 saturated carbocycles. The zero-order chi connectivity index (χ0) is 14.1. The number of carbonyl (C=O) groups excluding carboxylic acids is 1. The highest BCUT2D eigenvalue weighted by Crippen LogP contribution is 2.28. The molecule has 1 aliphatic heterocycles. The summed E-state index contributed by atoms with van der Waals surface area (Å²) < 4.78 is 0. The third-order valence-electron chi connectivity index (χ3n) is 3.37. The Balaban J connectivity index is 0.00000161. The van der Waals surface area contributed by atoms with Crippen LogP contribution in [0.5, 0.6) is 0 Å². The van der Waals surface area contributed by atoms with Gasteiger partial charge in [0.05, 0.1) is 11.4 Å². The van der Waals surface area contributed by atoms with Crippen LogP contribution in [0.15, 0.2) is 53.5 Å². The molecule has 1 amide bonds. The number of benzene rings is 2. The van der Waals surface area contributed by atoms with Crippen molar-refractivity contribution in [1.29, 1.82) is 0 Å². The van der Waals surface area contributed by atoms with E-state index in [1.54, 1.807) is 18.0 Å². The Hall–Kier alpha value is -1.60. The summed E-state index contributed by atoms with van der Waals surface area (Å²) in [6.45, 7) is 0.146. The fourth-order valence-electron chi connectivity index (χ4n) is 2.31. The van der Waals surface area contributed by atoms with Crippen LogP contribution in [0.25, 0.3) is 0 Å². The number of hydrogen-bond donors (Lipinski definition) is 0. The fourth-order valence-corrected chi connectivity index (χ4v) is 2.48. The van der Waals surface area contributed by atoms with Crippen molar-refractivity contribution >= 4 is 46.3 Å². The molecule has 21 heavy (non-hydrogen) atoms. The van der Waals surface area contributed by atoms with Gasteiger partial charge < -0.3 is 4.90 Å². The number of fused-ring (bicyclic) bond motifs is 1. The third-order valence-corrected chi connectivity index (χ3v) is 3.60. The second kappa shape index (κ2) is 6.45. The van der Waals surface area contributed by atoms with Gasteiger partial charge in [-0.2, -0.15) is 0 Å². The SMILES string of the molecule is CN1C(=O)CN=C(c2ccccc2)c2cc(Cl)ccc21.[AlH3]. The number of amides is 1. The molecule has 0 aromatic heterocycles. The number of hydrogen-bond acceptors (Lipinski definition) is 2. The minimum atomic E-state index is -0.0282. The molecule has 0 aliphatic carbocycles. The van der Waals surface area contributed by atoms with Crippen LogP contribution < -0.4 is 4.90 Å². The molecule has 0 spiro atoms. The molecule has 0 bridgehead atoms. The molecule has 106 valence electrons. The number of anilines is 1. The van der Waals surface area contributed by atoms with E-state index in [0.29, 0.717) is 5.02 Å². The average Bonchev–Trinajstić information content (AvgIpc) is 2.58.